The Hall–Kier alpha value is -3.43. The second-order valence-corrected chi connectivity index (χ2v) is 8.40. The predicted octanol–water partition coefficient (Wildman–Crippen LogP) is 4.79. The Kier molecular flexibility index (Phi) is 6.98. The number of amides is 1. The minimum Gasteiger partial charge on any atom is -0.423 e. The van der Waals surface area contributed by atoms with E-state index in [-0.39, 0.29) is 11.7 Å². The number of rotatable bonds is 7. The van der Waals surface area contributed by atoms with Crippen LogP contribution in [0, 0.1) is 0 Å². The minimum atomic E-state index is -0.451. The number of fused-ring (bicyclic) bond motifs is 1. The average Bonchev–Trinajstić information content (AvgIpc) is 3.22. The highest BCUT2D eigenvalue weighted by Crippen LogP contribution is 2.20. The number of para-hydroxylation sites is 2. The van der Waals surface area contributed by atoms with E-state index in [0.29, 0.717) is 20.9 Å². The molecule has 1 amide bonds. The quantitative estimate of drug-likeness (QED) is 0.123. The fraction of sp³-hybridized carbons (Fsp3) is 0.0435. The van der Waals surface area contributed by atoms with Crippen molar-refractivity contribution < 1.29 is 14.3 Å². The van der Waals surface area contributed by atoms with Gasteiger partial charge in [0.15, 0.2) is 5.16 Å². The summed E-state index contributed by atoms with van der Waals surface area (Å²) < 4.78 is 6.05. The fourth-order valence-corrected chi connectivity index (χ4v) is 3.88. The zero-order chi connectivity index (χ0) is 22.3. The summed E-state index contributed by atoms with van der Waals surface area (Å²) in [5.74, 6) is -0.103. The van der Waals surface area contributed by atoms with Gasteiger partial charge in [0, 0.05) is 4.47 Å². The van der Waals surface area contributed by atoms with E-state index in [0.717, 1.165) is 16.6 Å². The van der Waals surface area contributed by atoms with Gasteiger partial charge >= 0.3 is 5.97 Å². The van der Waals surface area contributed by atoms with Gasteiger partial charge in [-0.1, -0.05) is 36.0 Å². The van der Waals surface area contributed by atoms with Crippen molar-refractivity contribution >= 4 is 56.8 Å². The zero-order valence-electron chi connectivity index (χ0n) is 16.6. The first-order valence-corrected chi connectivity index (χ1v) is 11.3. The summed E-state index contributed by atoms with van der Waals surface area (Å²) >= 11 is 4.64. The Morgan fingerprint density at radius 3 is 2.59 bits per heavy atom. The maximum atomic E-state index is 12.2. The first-order chi connectivity index (χ1) is 15.6. The number of hydrazone groups is 1. The van der Waals surface area contributed by atoms with Crippen LogP contribution in [-0.4, -0.2) is 33.8 Å². The molecule has 0 bridgehead atoms. The molecule has 0 saturated heterocycles. The molecule has 7 nitrogen and oxygen atoms in total. The lowest BCUT2D eigenvalue weighted by Gasteiger charge is -2.06. The van der Waals surface area contributed by atoms with Gasteiger partial charge in [-0.15, -0.1) is 0 Å². The van der Waals surface area contributed by atoms with E-state index in [4.69, 9.17) is 4.74 Å². The maximum Gasteiger partial charge on any atom is 0.344 e. The van der Waals surface area contributed by atoms with Crippen LogP contribution >= 0.6 is 27.7 Å². The number of benzene rings is 3. The van der Waals surface area contributed by atoms with Crippen LogP contribution in [-0.2, 0) is 4.79 Å². The van der Waals surface area contributed by atoms with Gasteiger partial charge < -0.3 is 9.72 Å². The summed E-state index contributed by atoms with van der Waals surface area (Å²) in [6.07, 6.45) is 1.52. The Balaban J connectivity index is 1.25. The second kappa shape index (κ2) is 10.3. The third-order valence-corrected chi connectivity index (χ3v) is 5.86. The molecule has 1 aromatic heterocycles. The van der Waals surface area contributed by atoms with Gasteiger partial charge in [0.2, 0.25) is 0 Å². The molecule has 0 aliphatic heterocycles. The number of nitrogens with zero attached hydrogens (tertiary/aromatic N) is 2. The van der Waals surface area contributed by atoms with Crippen molar-refractivity contribution in [1.29, 1.82) is 0 Å². The number of esters is 1. The molecule has 32 heavy (non-hydrogen) atoms. The van der Waals surface area contributed by atoms with Crippen LogP contribution in [0.15, 0.2) is 87.5 Å². The van der Waals surface area contributed by atoms with Crippen molar-refractivity contribution in [1.82, 2.24) is 15.4 Å². The standard InChI is InChI=1S/C23H17BrN4O3S/c24-18-6-2-1-5-17(18)22(30)31-16-11-9-15(10-12-16)13-25-28-21(29)14-32-23-26-19-7-3-4-8-20(19)27-23/h1-13H,14H2,(H,26,27)(H,28,29)/b25-13-. The Labute approximate surface area is 196 Å². The molecule has 0 fully saturated rings. The molecule has 0 unspecified atom stereocenters. The number of carbonyl (C=O) groups is 2. The highest BCUT2D eigenvalue weighted by Gasteiger charge is 2.11. The van der Waals surface area contributed by atoms with E-state index in [1.165, 1.54) is 18.0 Å². The monoisotopic (exact) mass is 508 g/mol. The number of thioether (sulfide) groups is 1. The molecule has 0 atom stereocenters. The molecule has 4 aromatic rings. The molecule has 0 saturated carbocycles. The number of hydrogen-bond acceptors (Lipinski definition) is 6. The number of aromatic nitrogens is 2. The van der Waals surface area contributed by atoms with Gasteiger partial charge in [0.05, 0.1) is 28.6 Å². The fourth-order valence-electron chi connectivity index (χ4n) is 2.75. The first kappa shape index (κ1) is 21.8. The highest BCUT2D eigenvalue weighted by atomic mass is 79.9. The van der Waals surface area contributed by atoms with Crippen LogP contribution in [0.3, 0.4) is 0 Å². The molecule has 1 heterocycles. The average molecular weight is 509 g/mol. The molecule has 0 spiro atoms. The summed E-state index contributed by atoms with van der Waals surface area (Å²) in [6, 6.07) is 21.5. The zero-order valence-corrected chi connectivity index (χ0v) is 19.0. The summed E-state index contributed by atoms with van der Waals surface area (Å²) in [7, 11) is 0. The van der Waals surface area contributed by atoms with E-state index in [1.54, 1.807) is 42.5 Å². The van der Waals surface area contributed by atoms with Crippen molar-refractivity contribution in [3.05, 3.63) is 88.4 Å². The number of aromatic amines is 1. The SMILES string of the molecule is O=C(CSc1nc2ccccc2[nH]1)N/N=C\c1ccc(OC(=O)c2ccccc2Br)cc1. The van der Waals surface area contributed by atoms with Gasteiger partial charge in [-0.2, -0.15) is 5.10 Å². The lowest BCUT2D eigenvalue weighted by Crippen LogP contribution is -2.19. The van der Waals surface area contributed by atoms with Crippen LogP contribution in [0.25, 0.3) is 11.0 Å². The normalized spacial score (nSPS) is 11.0. The molecular weight excluding hydrogens is 492 g/mol. The van der Waals surface area contributed by atoms with E-state index in [9.17, 15) is 9.59 Å². The first-order valence-electron chi connectivity index (χ1n) is 9.55. The molecule has 0 aliphatic rings. The molecule has 0 aliphatic carbocycles. The lowest BCUT2D eigenvalue weighted by atomic mass is 10.2. The number of H-pyrrole nitrogens is 1. The molecule has 2 N–H and O–H groups in total. The van der Waals surface area contributed by atoms with Crippen LogP contribution < -0.4 is 10.2 Å². The summed E-state index contributed by atoms with van der Waals surface area (Å²) in [6.45, 7) is 0. The van der Waals surface area contributed by atoms with Crippen LogP contribution in [0.1, 0.15) is 15.9 Å². The third kappa shape index (κ3) is 5.63. The molecule has 0 radical (unpaired) electrons. The number of hydrogen-bond donors (Lipinski definition) is 2. The van der Waals surface area contributed by atoms with Crippen molar-refractivity contribution in [3.8, 4) is 5.75 Å². The second-order valence-electron chi connectivity index (χ2n) is 6.58. The van der Waals surface area contributed by atoms with E-state index in [1.807, 2.05) is 30.3 Å². The van der Waals surface area contributed by atoms with Gasteiger partial charge in [-0.25, -0.2) is 15.2 Å². The number of carbonyl (C=O) groups excluding carboxylic acids is 2. The topological polar surface area (TPSA) is 96.4 Å². The molecular formula is C23H17BrN4O3S. The van der Waals surface area contributed by atoms with Crippen molar-refractivity contribution in [3.63, 3.8) is 0 Å². The predicted molar refractivity (Wildman–Crippen MR) is 128 cm³/mol. The van der Waals surface area contributed by atoms with E-state index < -0.39 is 5.97 Å². The third-order valence-electron chi connectivity index (χ3n) is 4.29. The Bertz CT molecular complexity index is 1250. The maximum absolute atomic E-state index is 12.2. The largest absolute Gasteiger partial charge is 0.423 e. The van der Waals surface area contributed by atoms with E-state index in [2.05, 4.69) is 36.4 Å². The molecule has 9 heteroatoms. The van der Waals surface area contributed by atoms with Crippen molar-refractivity contribution in [2.75, 3.05) is 5.75 Å². The van der Waals surface area contributed by atoms with Gasteiger partial charge in [-0.3, -0.25) is 4.79 Å². The van der Waals surface area contributed by atoms with Crippen molar-refractivity contribution in [2.45, 2.75) is 5.16 Å². The number of nitrogens with one attached hydrogen (secondary N) is 2. The molecule has 4 rings (SSSR count). The van der Waals surface area contributed by atoms with Crippen LogP contribution in [0.4, 0.5) is 0 Å². The van der Waals surface area contributed by atoms with Gasteiger partial charge in [0.1, 0.15) is 5.75 Å². The molecule has 3 aromatic carbocycles. The summed E-state index contributed by atoms with van der Waals surface area (Å²) in [5, 5.41) is 4.64. The lowest BCUT2D eigenvalue weighted by molar-refractivity contribution is -0.118. The Morgan fingerprint density at radius 2 is 1.81 bits per heavy atom. The smallest absolute Gasteiger partial charge is 0.344 e. The van der Waals surface area contributed by atoms with Crippen LogP contribution in [0.5, 0.6) is 5.75 Å². The van der Waals surface area contributed by atoms with Crippen molar-refractivity contribution in [2.24, 2.45) is 5.10 Å². The highest BCUT2D eigenvalue weighted by molar-refractivity contribution is 9.10. The summed E-state index contributed by atoms with van der Waals surface area (Å²) in [4.78, 5) is 31.8. The van der Waals surface area contributed by atoms with E-state index >= 15 is 0 Å². The molecule has 160 valence electrons. The summed E-state index contributed by atoms with van der Waals surface area (Å²) in [5.41, 5.74) is 5.47. The Morgan fingerprint density at radius 1 is 1.06 bits per heavy atom. The minimum absolute atomic E-state index is 0.182. The number of ether oxygens (including phenoxy) is 1. The van der Waals surface area contributed by atoms with Crippen LogP contribution in [0.2, 0.25) is 0 Å². The van der Waals surface area contributed by atoms with Gasteiger partial charge in [-0.05, 0) is 70.0 Å². The van der Waals surface area contributed by atoms with Gasteiger partial charge in [0.25, 0.3) is 5.91 Å². The number of halogens is 1. The number of imidazole rings is 1.